The minimum absolute atomic E-state index is 0.0247. The van der Waals surface area contributed by atoms with Crippen LogP contribution in [-0.4, -0.2) is 13.0 Å². The minimum atomic E-state index is -0.0686. The van der Waals surface area contributed by atoms with Crippen LogP contribution in [0.4, 0.5) is 0 Å². The van der Waals surface area contributed by atoms with Gasteiger partial charge in [-0.3, -0.25) is 4.79 Å². The number of fused-ring (bicyclic) bond motifs is 1. The number of allylic oxidation sites excluding steroid dienone is 1. The maximum absolute atomic E-state index is 12.6. The zero-order valence-electron chi connectivity index (χ0n) is 15.0. The lowest BCUT2D eigenvalue weighted by molar-refractivity contribution is 0.0939. The predicted octanol–water partition coefficient (Wildman–Crippen LogP) is 4.40. The molecule has 25 heavy (non-hydrogen) atoms. The van der Waals surface area contributed by atoms with Crippen molar-refractivity contribution >= 4 is 5.91 Å². The largest absolute Gasteiger partial charge is 0.496 e. The Morgan fingerprint density at radius 1 is 1.24 bits per heavy atom. The van der Waals surface area contributed by atoms with Gasteiger partial charge in [0.05, 0.1) is 13.2 Å². The highest BCUT2D eigenvalue weighted by atomic mass is 16.5. The Morgan fingerprint density at radius 3 is 2.80 bits per heavy atom. The van der Waals surface area contributed by atoms with E-state index in [0.717, 1.165) is 23.3 Å². The Hall–Kier alpha value is -2.55. The Balaban J connectivity index is 1.75. The molecular formula is C22H25NO2. The Bertz CT molecular complexity index is 795. The SMILES string of the molecule is C=CCc1cc(C(=O)NC(C)c2ccc3c(c2)CCC3)ccc1OC. The van der Waals surface area contributed by atoms with Crippen LogP contribution in [-0.2, 0) is 19.3 Å². The van der Waals surface area contributed by atoms with Crippen molar-refractivity contribution in [3.63, 3.8) is 0 Å². The molecular weight excluding hydrogens is 310 g/mol. The van der Waals surface area contributed by atoms with Gasteiger partial charge in [-0.05, 0) is 73.1 Å². The molecule has 2 aromatic carbocycles. The van der Waals surface area contributed by atoms with Gasteiger partial charge in [-0.25, -0.2) is 0 Å². The molecule has 1 unspecified atom stereocenters. The van der Waals surface area contributed by atoms with E-state index >= 15 is 0 Å². The normalized spacial score (nSPS) is 13.8. The van der Waals surface area contributed by atoms with E-state index in [2.05, 4.69) is 30.1 Å². The molecule has 3 heteroatoms. The highest BCUT2D eigenvalue weighted by Crippen LogP contribution is 2.26. The summed E-state index contributed by atoms with van der Waals surface area (Å²) < 4.78 is 5.35. The first-order valence-corrected chi connectivity index (χ1v) is 8.82. The van der Waals surface area contributed by atoms with Crippen molar-refractivity contribution < 1.29 is 9.53 Å². The van der Waals surface area contributed by atoms with Crippen LogP contribution in [0, 0.1) is 0 Å². The van der Waals surface area contributed by atoms with Gasteiger partial charge < -0.3 is 10.1 Å². The number of carbonyl (C=O) groups is 1. The highest BCUT2D eigenvalue weighted by molar-refractivity contribution is 5.94. The van der Waals surface area contributed by atoms with E-state index < -0.39 is 0 Å². The summed E-state index contributed by atoms with van der Waals surface area (Å²) in [5.41, 5.74) is 5.65. The van der Waals surface area contributed by atoms with Crippen LogP contribution >= 0.6 is 0 Å². The molecule has 1 amide bonds. The second-order valence-corrected chi connectivity index (χ2v) is 6.60. The fourth-order valence-electron chi connectivity index (χ4n) is 3.46. The van der Waals surface area contributed by atoms with Gasteiger partial charge in [-0.15, -0.1) is 6.58 Å². The third kappa shape index (κ3) is 3.76. The number of amides is 1. The fourth-order valence-corrected chi connectivity index (χ4v) is 3.46. The molecule has 0 fully saturated rings. The number of rotatable bonds is 6. The molecule has 0 aliphatic heterocycles. The second kappa shape index (κ2) is 7.56. The molecule has 3 rings (SSSR count). The maximum Gasteiger partial charge on any atom is 0.251 e. The molecule has 0 aromatic heterocycles. The van der Waals surface area contributed by atoms with Crippen LogP contribution in [0.5, 0.6) is 5.75 Å². The van der Waals surface area contributed by atoms with Crippen LogP contribution in [0.1, 0.15) is 52.0 Å². The average Bonchev–Trinajstić information content (AvgIpc) is 3.09. The molecule has 0 heterocycles. The Morgan fingerprint density at radius 2 is 2.04 bits per heavy atom. The number of nitrogens with one attached hydrogen (secondary N) is 1. The fraction of sp³-hybridized carbons (Fsp3) is 0.318. The summed E-state index contributed by atoms with van der Waals surface area (Å²) in [5.74, 6) is 0.712. The molecule has 1 atom stereocenters. The van der Waals surface area contributed by atoms with Gasteiger partial charge in [-0.2, -0.15) is 0 Å². The number of aryl methyl sites for hydroxylation is 2. The van der Waals surface area contributed by atoms with Gasteiger partial charge in [0, 0.05) is 5.56 Å². The number of methoxy groups -OCH3 is 1. The van der Waals surface area contributed by atoms with Crippen molar-refractivity contribution in [3.05, 3.63) is 76.9 Å². The first-order valence-electron chi connectivity index (χ1n) is 8.82. The van der Waals surface area contributed by atoms with E-state index in [4.69, 9.17) is 4.74 Å². The Labute approximate surface area is 149 Å². The standard InChI is InChI=1S/C22H25NO2/c1-4-6-19-14-20(11-12-21(19)25-3)22(24)23-15(2)17-10-9-16-7-5-8-18(16)13-17/h4,9-15H,1,5-8H2,2-3H3,(H,23,24). The maximum atomic E-state index is 12.6. The molecule has 0 spiro atoms. The third-order valence-electron chi connectivity index (χ3n) is 4.88. The van der Waals surface area contributed by atoms with Gasteiger partial charge >= 0.3 is 0 Å². The van der Waals surface area contributed by atoms with Crippen molar-refractivity contribution in [2.45, 2.75) is 38.6 Å². The summed E-state index contributed by atoms with van der Waals surface area (Å²) in [6.07, 6.45) is 6.04. The molecule has 0 bridgehead atoms. The summed E-state index contributed by atoms with van der Waals surface area (Å²) in [5, 5.41) is 3.10. The smallest absolute Gasteiger partial charge is 0.251 e. The molecule has 2 aromatic rings. The van der Waals surface area contributed by atoms with Gasteiger partial charge in [0.25, 0.3) is 5.91 Å². The van der Waals surface area contributed by atoms with Crippen molar-refractivity contribution in [2.24, 2.45) is 0 Å². The third-order valence-corrected chi connectivity index (χ3v) is 4.88. The summed E-state index contributed by atoms with van der Waals surface area (Å²) in [6.45, 7) is 5.80. The number of carbonyl (C=O) groups excluding carboxylic acids is 1. The van der Waals surface area contributed by atoms with Crippen LogP contribution in [0.3, 0.4) is 0 Å². The summed E-state index contributed by atoms with van der Waals surface area (Å²) in [7, 11) is 1.64. The van der Waals surface area contributed by atoms with Crippen LogP contribution < -0.4 is 10.1 Å². The van der Waals surface area contributed by atoms with Gasteiger partial charge in [-0.1, -0.05) is 24.3 Å². The highest BCUT2D eigenvalue weighted by Gasteiger charge is 2.16. The lowest BCUT2D eigenvalue weighted by atomic mass is 10.0. The summed E-state index contributed by atoms with van der Waals surface area (Å²) >= 11 is 0. The minimum Gasteiger partial charge on any atom is -0.496 e. The quantitative estimate of drug-likeness (QED) is 0.795. The van der Waals surface area contributed by atoms with Gasteiger partial charge in [0.1, 0.15) is 5.75 Å². The first-order chi connectivity index (χ1) is 12.1. The van der Waals surface area contributed by atoms with E-state index in [9.17, 15) is 4.79 Å². The van der Waals surface area contributed by atoms with Crippen LogP contribution in [0.15, 0.2) is 49.1 Å². The molecule has 1 N–H and O–H groups in total. The van der Waals surface area contributed by atoms with Crippen molar-refractivity contribution in [3.8, 4) is 5.75 Å². The van der Waals surface area contributed by atoms with E-state index in [0.29, 0.717) is 12.0 Å². The van der Waals surface area contributed by atoms with Crippen LogP contribution in [0.25, 0.3) is 0 Å². The van der Waals surface area contributed by atoms with Gasteiger partial charge in [0.15, 0.2) is 0 Å². The van der Waals surface area contributed by atoms with Crippen molar-refractivity contribution in [2.75, 3.05) is 7.11 Å². The van der Waals surface area contributed by atoms with E-state index in [1.165, 1.54) is 24.0 Å². The number of benzene rings is 2. The molecule has 0 saturated carbocycles. The molecule has 1 aliphatic carbocycles. The lowest BCUT2D eigenvalue weighted by Crippen LogP contribution is -2.26. The summed E-state index contributed by atoms with van der Waals surface area (Å²) in [6, 6.07) is 12.1. The molecule has 3 nitrogen and oxygen atoms in total. The monoisotopic (exact) mass is 335 g/mol. The molecule has 1 aliphatic rings. The van der Waals surface area contributed by atoms with Crippen molar-refractivity contribution in [1.29, 1.82) is 0 Å². The zero-order valence-corrected chi connectivity index (χ0v) is 15.0. The topological polar surface area (TPSA) is 38.3 Å². The average molecular weight is 335 g/mol. The molecule has 130 valence electrons. The zero-order chi connectivity index (χ0) is 17.8. The second-order valence-electron chi connectivity index (χ2n) is 6.60. The Kier molecular flexibility index (Phi) is 5.22. The number of ether oxygens (including phenoxy) is 1. The number of hydrogen-bond donors (Lipinski definition) is 1. The van der Waals surface area contributed by atoms with Crippen LogP contribution in [0.2, 0.25) is 0 Å². The molecule has 0 saturated heterocycles. The van der Waals surface area contributed by atoms with E-state index in [-0.39, 0.29) is 11.9 Å². The number of hydrogen-bond acceptors (Lipinski definition) is 2. The first kappa shape index (κ1) is 17.3. The van der Waals surface area contributed by atoms with Gasteiger partial charge in [0.2, 0.25) is 0 Å². The molecule has 0 radical (unpaired) electrons. The summed E-state index contributed by atoms with van der Waals surface area (Å²) in [4.78, 5) is 12.6. The van der Waals surface area contributed by atoms with E-state index in [1.54, 1.807) is 13.2 Å². The lowest BCUT2D eigenvalue weighted by Gasteiger charge is -2.16. The van der Waals surface area contributed by atoms with Crippen molar-refractivity contribution in [1.82, 2.24) is 5.32 Å². The van der Waals surface area contributed by atoms with E-state index in [1.807, 2.05) is 25.1 Å². The predicted molar refractivity (Wildman–Crippen MR) is 101 cm³/mol.